The number of aryl methyl sites for hydroxylation is 2. The zero-order chi connectivity index (χ0) is 25.3. The van der Waals surface area contributed by atoms with Gasteiger partial charge in [0.15, 0.2) is 5.82 Å². The van der Waals surface area contributed by atoms with Gasteiger partial charge in [-0.05, 0) is 79.8 Å². The molecule has 4 aromatic rings. The Morgan fingerprint density at radius 2 is 1.74 bits per heavy atom. The Morgan fingerprint density at radius 3 is 2.40 bits per heavy atom. The van der Waals surface area contributed by atoms with Crippen molar-refractivity contribution in [1.29, 1.82) is 0 Å². The summed E-state index contributed by atoms with van der Waals surface area (Å²) >= 11 is 0. The van der Waals surface area contributed by atoms with Gasteiger partial charge in [-0.2, -0.15) is 0 Å². The maximum absolute atomic E-state index is 13.2. The van der Waals surface area contributed by atoms with Crippen molar-refractivity contribution in [1.82, 2.24) is 30.1 Å². The summed E-state index contributed by atoms with van der Waals surface area (Å²) in [6.45, 7) is 16.0. The number of hydrogen-bond donors (Lipinski definition) is 1. The molecule has 0 saturated heterocycles. The first-order chi connectivity index (χ1) is 16.5. The Labute approximate surface area is 207 Å². The predicted molar refractivity (Wildman–Crippen MR) is 140 cm³/mol. The summed E-state index contributed by atoms with van der Waals surface area (Å²) in [4.78, 5) is 18.7. The number of benzene rings is 2. The molecular formula is C28H36N6O. The molecule has 2 aromatic carbocycles. The van der Waals surface area contributed by atoms with Crippen LogP contribution in [-0.4, -0.2) is 30.1 Å². The fourth-order valence-corrected chi connectivity index (χ4v) is 4.86. The number of rotatable bonds is 7. The highest BCUT2D eigenvalue weighted by molar-refractivity contribution is 5.83. The number of aromatic amines is 1. The van der Waals surface area contributed by atoms with Crippen LogP contribution < -0.4 is 5.56 Å². The third kappa shape index (κ3) is 5.35. The van der Waals surface area contributed by atoms with Gasteiger partial charge in [-0.3, -0.25) is 9.69 Å². The van der Waals surface area contributed by atoms with Crippen molar-refractivity contribution < 1.29 is 0 Å². The molecule has 0 aliphatic rings. The highest BCUT2D eigenvalue weighted by Crippen LogP contribution is 2.32. The van der Waals surface area contributed by atoms with E-state index >= 15 is 0 Å². The summed E-state index contributed by atoms with van der Waals surface area (Å²) in [7, 11) is 0. The molecule has 2 aromatic heterocycles. The van der Waals surface area contributed by atoms with E-state index in [0.717, 1.165) is 33.4 Å². The first kappa shape index (κ1) is 24.8. The highest BCUT2D eigenvalue weighted by atomic mass is 16.1. The molecule has 0 aliphatic carbocycles. The molecule has 0 aliphatic heterocycles. The molecule has 0 radical (unpaired) electrons. The van der Waals surface area contributed by atoms with E-state index < -0.39 is 0 Å². The number of nitrogens with one attached hydrogen (secondary N) is 1. The molecule has 1 N–H and O–H groups in total. The van der Waals surface area contributed by atoms with Gasteiger partial charge in [0.2, 0.25) is 0 Å². The fraction of sp³-hybridized carbons (Fsp3) is 0.429. The molecule has 0 unspecified atom stereocenters. The van der Waals surface area contributed by atoms with Crippen LogP contribution in [0.5, 0.6) is 0 Å². The van der Waals surface area contributed by atoms with Gasteiger partial charge in [-0.15, -0.1) is 5.10 Å². The Kier molecular flexibility index (Phi) is 6.90. The van der Waals surface area contributed by atoms with E-state index in [9.17, 15) is 4.79 Å². The number of fused-ring (bicyclic) bond motifs is 1. The molecule has 0 saturated carbocycles. The Morgan fingerprint density at radius 1 is 1.03 bits per heavy atom. The minimum atomic E-state index is -0.264. The number of hydrogen-bond acceptors (Lipinski definition) is 5. The topological polar surface area (TPSA) is 79.7 Å². The standard InChI is InChI=1S/C28H36N6O/c1-18(2)25(26-30-31-32-34(26)28(5,6)7)33(16-21-11-9-8-10-12-21)17-22-15-23-20(4)13-19(3)14-24(23)29-27(22)35/h8-15,18,25H,16-17H2,1-7H3,(H,29,35)/t25-/m1/s1. The number of H-pyrrole nitrogens is 1. The van der Waals surface area contributed by atoms with E-state index in [2.05, 4.69) is 85.2 Å². The second kappa shape index (κ2) is 9.74. The van der Waals surface area contributed by atoms with Crippen LogP contribution in [0.2, 0.25) is 0 Å². The Hall–Kier alpha value is -3.32. The molecule has 2 heterocycles. The molecule has 7 heteroatoms. The van der Waals surface area contributed by atoms with Crippen molar-refractivity contribution in [3.05, 3.63) is 87.0 Å². The molecule has 35 heavy (non-hydrogen) atoms. The normalized spacial score (nSPS) is 13.2. The zero-order valence-electron chi connectivity index (χ0n) is 21.8. The molecule has 1 atom stereocenters. The maximum atomic E-state index is 13.2. The summed E-state index contributed by atoms with van der Waals surface area (Å²) in [5.41, 5.74) is 4.76. The third-order valence-corrected chi connectivity index (χ3v) is 6.41. The number of pyridine rings is 1. The van der Waals surface area contributed by atoms with Gasteiger partial charge in [-0.25, -0.2) is 4.68 Å². The smallest absolute Gasteiger partial charge is 0.252 e. The molecule has 4 rings (SSSR count). The van der Waals surface area contributed by atoms with Crippen molar-refractivity contribution in [2.45, 2.75) is 73.1 Å². The van der Waals surface area contributed by atoms with E-state index in [0.29, 0.717) is 13.1 Å². The average molecular weight is 473 g/mol. The molecule has 0 fully saturated rings. The van der Waals surface area contributed by atoms with Gasteiger partial charge in [0.25, 0.3) is 5.56 Å². The van der Waals surface area contributed by atoms with Crippen molar-refractivity contribution >= 4 is 10.9 Å². The van der Waals surface area contributed by atoms with Crippen LogP contribution in [0.3, 0.4) is 0 Å². The van der Waals surface area contributed by atoms with Gasteiger partial charge in [-0.1, -0.05) is 50.2 Å². The lowest BCUT2D eigenvalue weighted by atomic mass is 9.98. The monoisotopic (exact) mass is 472 g/mol. The quantitative estimate of drug-likeness (QED) is 0.396. The maximum Gasteiger partial charge on any atom is 0.252 e. The van der Waals surface area contributed by atoms with Crippen LogP contribution in [0.15, 0.2) is 53.3 Å². The van der Waals surface area contributed by atoms with Crippen LogP contribution in [0.25, 0.3) is 10.9 Å². The molecule has 184 valence electrons. The fourth-order valence-electron chi connectivity index (χ4n) is 4.86. The minimum Gasteiger partial charge on any atom is -0.322 e. The van der Waals surface area contributed by atoms with E-state index in [1.165, 1.54) is 5.56 Å². The second-order valence-corrected chi connectivity index (χ2v) is 10.9. The highest BCUT2D eigenvalue weighted by Gasteiger charge is 2.33. The van der Waals surface area contributed by atoms with E-state index in [-0.39, 0.29) is 23.1 Å². The van der Waals surface area contributed by atoms with Gasteiger partial charge < -0.3 is 4.98 Å². The van der Waals surface area contributed by atoms with Crippen LogP contribution >= 0.6 is 0 Å². The lowest BCUT2D eigenvalue weighted by Gasteiger charge is -2.35. The Bertz CT molecular complexity index is 1360. The first-order valence-corrected chi connectivity index (χ1v) is 12.2. The predicted octanol–water partition coefficient (Wildman–Crippen LogP) is 5.29. The van der Waals surface area contributed by atoms with Gasteiger partial charge in [0, 0.05) is 29.6 Å². The molecule has 0 bridgehead atoms. The summed E-state index contributed by atoms with van der Waals surface area (Å²) in [6.07, 6.45) is 0. The van der Waals surface area contributed by atoms with Crippen molar-refractivity contribution in [3.8, 4) is 0 Å². The largest absolute Gasteiger partial charge is 0.322 e. The van der Waals surface area contributed by atoms with Crippen LogP contribution in [0.1, 0.15) is 68.7 Å². The van der Waals surface area contributed by atoms with Crippen LogP contribution in [0, 0.1) is 19.8 Å². The minimum absolute atomic E-state index is 0.0570. The summed E-state index contributed by atoms with van der Waals surface area (Å²) < 4.78 is 1.91. The van der Waals surface area contributed by atoms with Crippen molar-refractivity contribution in [2.24, 2.45) is 5.92 Å². The van der Waals surface area contributed by atoms with E-state index in [1.54, 1.807) is 0 Å². The second-order valence-electron chi connectivity index (χ2n) is 10.9. The SMILES string of the molecule is Cc1cc(C)c2cc(CN(Cc3ccccc3)[C@@H](c3nnnn3C(C)(C)C)C(C)C)c(=O)[nH]c2c1. The van der Waals surface area contributed by atoms with E-state index in [4.69, 9.17) is 0 Å². The van der Waals surface area contributed by atoms with Crippen LogP contribution in [0.4, 0.5) is 0 Å². The average Bonchev–Trinajstić information content (AvgIpc) is 3.25. The Balaban J connectivity index is 1.82. The van der Waals surface area contributed by atoms with E-state index in [1.807, 2.05) is 41.9 Å². The van der Waals surface area contributed by atoms with Gasteiger partial charge in [0.1, 0.15) is 0 Å². The lowest BCUT2D eigenvalue weighted by molar-refractivity contribution is 0.120. The summed E-state index contributed by atoms with van der Waals surface area (Å²) in [5.74, 6) is 1.03. The summed E-state index contributed by atoms with van der Waals surface area (Å²) in [6, 6.07) is 16.5. The molecular weight excluding hydrogens is 436 g/mol. The van der Waals surface area contributed by atoms with Crippen molar-refractivity contribution in [2.75, 3.05) is 0 Å². The molecule has 7 nitrogen and oxygen atoms in total. The zero-order valence-corrected chi connectivity index (χ0v) is 21.8. The molecule has 0 spiro atoms. The summed E-state index contributed by atoms with van der Waals surface area (Å²) in [5, 5.41) is 13.9. The van der Waals surface area contributed by atoms with Gasteiger partial charge in [0.05, 0.1) is 11.6 Å². The third-order valence-electron chi connectivity index (χ3n) is 6.41. The number of nitrogens with zero attached hydrogens (tertiary/aromatic N) is 5. The first-order valence-electron chi connectivity index (χ1n) is 12.2. The number of aromatic nitrogens is 5. The van der Waals surface area contributed by atoms with Gasteiger partial charge >= 0.3 is 0 Å². The molecule has 0 amide bonds. The lowest BCUT2D eigenvalue weighted by Crippen LogP contribution is -2.37. The number of tetrazole rings is 1. The van der Waals surface area contributed by atoms with Crippen LogP contribution in [-0.2, 0) is 18.6 Å². The van der Waals surface area contributed by atoms with Crippen molar-refractivity contribution in [3.63, 3.8) is 0 Å².